The van der Waals surface area contributed by atoms with E-state index in [1.54, 1.807) is 12.3 Å². The minimum absolute atomic E-state index is 0.124. The summed E-state index contributed by atoms with van der Waals surface area (Å²) in [5.74, 6) is 0. The fourth-order valence-electron chi connectivity index (χ4n) is 1.28. The van der Waals surface area contributed by atoms with Crippen LogP contribution >= 0.6 is 11.8 Å². The number of nitrogens with one attached hydrogen (secondary N) is 1. The Morgan fingerprint density at radius 1 is 1.50 bits per heavy atom. The quantitative estimate of drug-likeness (QED) is 0.566. The van der Waals surface area contributed by atoms with Gasteiger partial charge in [-0.25, -0.2) is 9.97 Å². The SMILES string of the molecule is CSc1ncc2c(C)cc(=O)[nH]c2n1. The number of fused-ring (bicyclic) bond motifs is 1. The molecular weight excluding hydrogens is 198 g/mol. The molecule has 0 amide bonds. The predicted molar refractivity (Wildman–Crippen MR) is 56.7 cm³/mol. The zero-order chi connectivity index (χ0) is 10.1. The maximum atomic E-state index is 11.2. The fourth-order valence-corrected chi connectivity index (χ4v) is 1.62. The minimum Gasteiger partial charge on any atom is -0.306 e. The first kappa shape index (κ1) is 9.21. The van der Waals surface area contributed by atoms with Crippen molar-refractivity contribution >= 4 is 22.8 Å². The van der Waals surface area contributed by atoms with Crippen molar-refractivity contribution in [1.29, 1.82) is 0 Å². The van der Waals surface area contributed by atoms with Gasteiger partial charge < -0.3 is 4.98 Å². The van der Waals surface area contributed by atoms with Crippen LogP contribution in [0, 0.1) is 6.92 Å². The second kappa shape index (κ2) is 3.42. The Morgan fingerprint density at radius 2 is 2.29 bits per heavy atom. The van der Waals surface area contributed by atoms with Crippen molar-refractivity contribution in [2.45, 2.75) is 12.1 Å². The molecule has 0 radical (unpaired) electrons. The van der Waals surface area contributed by atoms with Crippen LogP contribution in [0.2, 0.25) is 0 Å². The van der Waals surface area contributed by atoms with Crippen LogP contribution in [0.15, 0.2) is 22.2 Å². The number of rotatable bonds is 1. The fraction of sp³-hybridized carbons (Fsp3) is 0.222. The number of thioether (sulfide) groups is 1. The molecule has 0 fully saturated rings. The lowest BCUT2D eigenvalue weighted by Gasteiger charge is -2.00. The Labute approximate surface area is 84.8 Å². The van der Waals surface area contributed by atoms with Crippen molar-refractivity contribution in [1.82, 2.24) is 15.0 Å². The number of H-pyrrole nitrogens is 1. The molecule has 0 aliphatic carbocycles. The lowest BCUT2D eigenvalue weighted by molar-refractivity contribution is 0.985. The molecule has 0 unspecified atom stereocenters. The van der Waals surface area contributed by atoms with Gasteiger partial charge in [-0.05, 0) is 18.7 Å². The summed E-state index contributed by atoms with van der Waals surface area (Å²) in [6.07, 6.45) is 3.63. The Bertz CT molecular complexity index is 535. The second-order valence-corrected chi connectivity index (χ2v) is 3.71. The van der Waals surface area contributed by atoms with Crippen LogP contribution in [0.25, 0.3) is 11.0 Å². The molecule has 5 heteroatoms. The van der Waals surface area contributed by atoms with Gasteiger partial charge >= 0.3 is 0 Å². The largest absolute Gasteiger partial charge is 0.306 e. The highest BCUT2D eigenvalue weighted by Gasteiger charge is 2.02. The molecule has 2 aromatic rings. The smallest absolute Gasteiger partial charge is 0.249 e. The molecular formula is C9H9N3OS. The van der Waals surface area contributed by atoms with Crippen molar-refractivity contribution in [2.75, 3.05) is 6.26 Å². The highest BCUT2D eigenvalue weighted by molar-refractivity contribution is 7.98. The maximum absolute atomic E-state index is 11.2. The van der Waals surface area contributed by atoms with Gasteiger partial charge in [0.25, 0.3) is 0 Å². The van der Waals surface area contributed by atoms with Gasteiger partial charge in [-0.1, -0.05) is 11.8 Å². The lowest BCUT2D eigenvalue weighted by Crippen LogP contribution is -2.06. The van der Waals surface area contributed by atoms with E-state index in [2.05, 4.69) is 15.0 Å². The summed E-state index contributed by atoms with van der Waals surface area (Å²) in [6.45, 7) is 1.87. The molecule has 0 aliphatic rings. The normalized spacial score (nSPS) is 10.7. The standard InChI is InChI=1S/C9H9N3OS/c1-5-3-7(13)11-8-6(5)4-10-9(12-8)14-2/h3-4H,1-2H3,(H,10,11,12,13). The molecule has 2 rings (SSSR count). The van der Waals surface area contributed by atoms with E-state index in [0.717, 1.165) is 10.9 Å². The topological polar surface area (TPSA) is 58.6 Å². The second-order valence-electron chi connectivity index (χ2n) is 2.94. The average molecular weight is 207 g/mol. The van der Waals surface area contributed by atoms with Gasteiger partial charge in [-0.2, -0.15) is 0 Å². The molecule has 2 heterocycles. The zero-order valence-corrected chi connectivity index (χ0v) is 8.68. The van der Waals surface area contributed by atoms with E-state index in [4.69, 9.17) is 0 Å². The molecule has 72 valence electrons. The van der Waals surface area contributed by atoms with Gasteiger partial charge in [0.15, 0.2) is 5.16 Å². The number of aromatic amines is 1. The van der Waals surface area contributed by atoms with E-state index >= 15 is 0 Å². The summed E-state index contributed by atoms with van der Waals surface area (Å²) in [4.78, 5) is 22.2. The van der Waals surface area contributed by atoms with E-state index < -0.39 is 0 Å². The first-order valence-electron chi connectivity index (χ1n) is 4.11. The molecule has 0 aromatic carbocycles. The summed E-state index contributed by atoms with van der Waals surface area (Å²) < 4.78 is 0. The summed E-state index contributed by atoms with van der Waals surface area (Å²) in [6, 6.07) is 1.55. The van der Waals surface area contributed by atoms with E-state index in [-0.39, 0.29) is 5.56 Å². The molecule has 1 N–H and O–H groups in total. The van der Waals surface area contributed by atoms with Gasteiger partial charge in [0.05, 0.1) is 0 Å². The van der Waals surface area contributed by atoms with Crippen LogP contribution < -0.4 is 5.56 Å². The van der Waals surface area contributed by atoms with Crippen LogP contribution in [0.3, 0.4) is 0 Å². The summed E-state index contributed by atoms with van der Waals surface area (Å²) >= 11 is 1.45. The van der Waals surface area contributed by atoms with Crippen LogP contribution in [-0.2, 0) is 0 Å². The maximum Gasteiger partial charge on any atom is 0.249 e. The molecule has 4 nitrogen and oxygen atoms in total. The monoisotopic (exact) mass is 207 g/mol. The number of aromatic nitrogens is 3. The van der Waals surface area contributed by atoms with Crippen molar-refractivity contribution in [3.63, 3.8) is 0 Å². The van der Waals surface area contributed by atoms with E-state index in [0.29, 0.717) is 10.8 Å². The van der Waals surface area contributed by atoms with Crippen molar-refractivity contribution in [2.24, 2.45) is 0 Å². The van der Waals surface area contributed by atoms with Gasteiger partial charge in [-0.15, -0.1) is 0 Å². The molecule has 2 aromatic heterocycles. The molecule has 0 aliphatic heterocycles. The number of nitrogens with zero attached hydrogens (tertiary/aromatic N) is 2. The third-order valence-electron chi connectivity index (χ3n) is 1.96. The third-order valence-corrected chi connectivity index (χ3v) is 2.53. The summed E-state index contributed by atoms with van der Waals surface area (Å²) in [5, 5.41) is 1.56. The predicted octanol–water partition coefficient (Wildman–Crippen LogP) is 1.35. The number of hydrogen-bond donors (Lipinski definition) is 1. The highest BCUT2D eigenvalue weighted by Crippen LogP contribution is 2.14. The average Bonchev–Trinajstić information content (AvgIpc) is 2.16. The summed E-state index contributed by atoms with van der Waals surface area (Å²) in [5.41, 5.74) is 1.38. The van der Waals surface area contributed by atoms with Crippen LogP contribution in [0.1, 0.15) is 5.56 Å². The number of pyridine rings is 1. The van der Waals surface area contributed by atoms with E-state index in [1.807, 2.05) is 13.2 Å². The Kier molecular flexibility index (Phi) is 2.25. The lowest BCUT2D eigenvalue weighted by atomic mass is 10.2. The van der Waals surface area contributed by atoms with Gasteiger partial charge in [0.1, 0.15) is 5.65 Å². The Morgan fingerprint density at radius 3 is 3.00 bits per heavy atom. The van der Waals surface area contributed by atoms with Crippen LogP contribution in [-0.4, -0.2) is 21.2 Å². The van der Waals surface area contributed by atoms with Crippen LogP contribution in [0.4, 0.5) is 0 Å². The van der Waals surface area contributed by atoms with Gasteiger partial charge in [0.2, 0.25) is 5.56 Å². The van der Waals surface area contributed by atoms with Crippen LogP contribution in [0.5, 0.6) is 0 Å². The van der Waals surface area contributed by atoms with Crippen molar-refractivity contribution in [3.8, 4) is 0 Å². The van der Waals surface area contributed by atoms with E-state index in [1.165, 1.54) is 11.8 Å². The number of hydrogen-bond acceptors (Lipinski definition) is 4. The van der Waals surface area contributed by atoms with Gasteiger partial charge in [-0.3, -0.25) is 4.79 Å². The Balaban J connectivity index is 2.82. The first-order valence-corrected chi connectivity index (χ1v) is 5.34. The van der Waals surface area contributed by atoms with Gasteiger partial charge in [0, 0.05) is 17.6 Å². The molecule has 0 saturated heterocycles. The van der Waals surface area contributed by atoms with Crippen molar-refractivity contribution < 1.29 is 0 Å². The third kappa shape index (κ3) is 1.50. The number of aryl methyl sites for hydroxylation is 1. The molecule has 0 atom stereocenters. The molecule has 0 saturated carbocycles. The Hall–Kier alpha value is -1.36. The molecule has 14 heavy (non-hydrogen) atoms. The molecule has 0 spiro atoms. The summed E-state index contributed by atoms with van der Waals surface area (Å²) in [7, 11) is 0. The minimum atomic E-state index is -0.124. The van der Waals surface area contributed by atoms with E-state index in [9.17, 15) is 4.79 Å². The highest BCUT2D eigenvalue weighted by atomic mass is 32.2. The zero-order valence-electron chi connectivity index (χ0n) is 7.87. The molecule has 0 bridgehead atoms. The first-order chi connectivity index (χ1) is 6.70. The van der Waals surface area contributed by atoms with Crippen molar-refractivity contribution in [3.05, 3.63) is 28.2 Å².